The fraction of sp³-hybridized carbons (Fsp3) is 0.421. The van der Waals surface area contributed by atoms with E-state index < -0.39 is 6.08 Å². The minimum Gasteiger partial charge on any atom is -0.493 e. The molecule has 0 radical (unpaired) electrons. The fourth-order valence-electron chi connectivity index (χ4n) is 3.43. The van der Waals surface area contributed by atoms with Gasteiger partial charge in [-0.1, -0.05) is 0 Å². The Kier molecular flexibility index (Phi) is 5.34. The van der Waals surface area contributed by atoms with Crippen LogP contribution in [0.25, 0.3) is 11.2 Å². The Labute approximate surface area is 166 Å². The maximum atomic E-state index is 14.1. The number of ether oxygens (including phenoxy) is 4. The van der Waals surface area contributed by atoms with E-state index in [4.69, 9.17) is 18.9 Å². The molecule has 1 unspecified atom stereocenters. The van der Waals surface area contributed by atoms with Crippen molar-refractivity contribution in [2.45, 2.75) is 25.6 Å². The summed E-state index contributed by atoms with van der Waals surface area (Å²) in [4.78, 5) is 12.2. The predicted octanol–water partition coefficient (Wildman–Crippen LogP) is 2.91. The smallest absolute Gasteiger partial charge is 0.312 e. The van der Waals surface area contributed by atoms with Gasteiger partial charge in [0.25, 0.3) is 0 Å². The lowest BCUT2D eigenvalue weighted by Crippen LogP contribution is -2.09. The third-order valence-corrected chi connectivity index (χ3v) is 4.79. The third kappa shape index (κ3) is 3.63. The van der Waals surface area contributed by atoms with E-state index in [1.54, 1.807) is 32.2 Å². The average molecular weight is 403 g/mol. The van der Waals surface area contributed by atoms with Gasteiger partial charge in [-0.05, 0) is 30.5 Å². The summed E-state index contributed by atoms with van der Waals surface area (Å²) in [6.07, 6.45) is 2.39. The highest BCUT2D eigenvalue weighted by molar-refractivity contribution is 5.82. The number of fused-ring (bicyclic) bond motifs is 1. The van der Waals surface area contributed by atoms with Gasteiger partial charge in [0.15, 0.2) is 28.5 Å². The van der Waals surface area contributed by atoms with E-state index in [0.29, 0.717) is 47.4 Å². The molecule has 1 atom stereocenters. The van der Waals surface area contributed by atoms with Crippen molar-refractivity contribution in [1.29, 1.82) is 0 Å². The highest BCUT2D eigenvalue weighted by atomic mass is 19.1. The van der Waals surface area contributed by atoms with Gasteiger partial charge in [-0.15, -0.1) is 0 Å². The first-order chi connectivity index (χ1) is 14.1. The van der Waals surface area contributed by atoms with Crippen LogP contribution < -0.4 is 19.5 Å². The van der Waals surface area contributed by atoms with E-state index in [1.807, 2.05) is 12.1 Å². The molecular formula is C19H22FN5O4. The van der Waals surface area contributed by atoms with Crippen molar-refractivity contribution in [3.05, 3.63) is 30.1 Å². The van der Waals surface area contributed by atoms with E-state index in [0.717, 1.165) is 18.4 Å². The number of anilines is 1. The Balaban J connectivity index is 1.63. The topological polar surface area (TPSA) is 92.6 Å². The molecule has 1 N–H and O–H groups in total. The summed E-state index contributed by atoms with van der Waals surface area (Å²) in [5.74, 6) is 1.87. The van der Waals surface area contributed by atoms with Crippen molar-refractivity contribution in [3.63, 3.8) is 0 Å². The number of methoxy groups -OCH3 is 3. The second kappa shape index (κ2) is 8.08. The van der Waals surface area contributed by atoms with Crippen molar-refractivity contribution < 1.29 is 23.3 Å². The van der Waals surface area contributed by atoms with Crippen molar-refractivity contribution >= 4 is 17.0 Å². The van der Waals surface area contributed by atoms with Gasteiger partial charge in [0, 0.05) is 13.2 Å². The maximum absolute atomic E-state index is 14.1. The Morgan fingerprint density at radius 2 is 1.93 bits per heavy atom. The Morgan fingerprint density at radius 1 is 1.17 bits per heavy atom. The van der Waals surface area contributed by atoms with E-state index in [2.05, 4.69) is 20.3 Å². The third-order valence-electron chi connectivity index (χ3n) is 4.79. The number of halogens is 1. The van der Waals surface area contributed by atoms with Crippen LogP contribution in [0.15, 0.2) is 18.5 Å². The minimum atomic E-state index is -0.829. The normalized spacial score (nSPS) is 16.2. The van der Waals surface area contributed by atoms with E-state index in [1.165, 1.54) is 0 Å². The van der Waals surface area contributed by atoms with Crippen LogP contribution in [0.3, 0.4) is 0 Å². The summed E-state index contributed by atoms with van der Waals surface area (Å²) in [5.41, 5.74) is 1.72. The molecule has 3 heterocycles. The molecule has 0 amide bonds. The molecule has 0 saturated carbocycles. The van der Waals surface area contributed by atoms with Crippen LogP contribution in [-0.2, 0) is 11.3 Å². The fourth-order valence-corrected chi connectivity index (χ4v) is 3.43. The van der Waals surface area contributed by atoms with Gasteiger partial charge < -0.3 is 24.3 Å². The van der Waals surface area contributed by atoms with Crippen molar-refractivity contribution in [1.82, 2.24) is 19.5 Å². The van der Waals surface area contributed by atoms with Crippen molar-refractivity contribution in [2.24, 2.45) is 0 Å². The zero-order valence-corrected chi connectivity index (χ0v) is 16.4. The Bertz CT molecular complexity index is 994. The van der Waals surface area contributed by atoms with Gasteiger partial charge in [0.2, 0.25) is 5.75 Å². The number of rotatable bonds is 7. The molecule has 29 heavy (non-hydrogen) atoms. The highest BCUT2D eigenvalue weighted by Crippen LogP contribution is 2.38. The lowest BCUT2D eigenvalue weighted by Gasteiger charge is -2.15. The van der Waals surface area contributed by atoms with E-state index >= 15 is 0 Å². The van der Waals surface area contributed by atoms with E-state index in [9.17, 15) is 4.39 Å². The van der Waals surface area contributed by atoms with Gasteiger partial charge in [0.05, 0.1) is 27.7 Å². The quantitative estimate of drug-likeness (QED) is 0.602. The average Bonchev–Trinajstić information content (AvgIpc) is 3.40. The van der Waals surface area contributed by atoms with Crippen LogP contribution in [0.1, 0.15) is 24.6 Å². The molecule has 9 nitrogen and oxygen atoms in total. The molecule has 154 valence electrons. The van der Waals surface area contributed by atoms with Gasteiger partial charge in [-0.3, -0.25) is 4.57 Å². The standard InChI is InChI=1S/C19H22FN5O4/c1-26-12-7-11(8-13(27-2)16(12)28-3)9-21-17-15-18(24-19(20)23-17)25(10-22-15)14-5-4-6-29-14/h7-8,10,14H,4-6,9H2,1-3H3,(H,21,23,24). The van der Waals surface area contributed by atoms with Gasteiger partial charge >= 0.3 is 6.08 Å². The largest absolute Gasteiger partial charge is 0.493 e. The molecule has 0 bridgehead atoms. The lowest BCUT2D eigenvalue weighted by atomic mass is 10.1. The second-order valence-electron chi connectivity index (χ2n) is 6.52. The van der Waals surface area contributed by atoms with Crippen LogP contribution in [-0.4, -0.2) is 47.5 Å². The predicted molar refractivity (Wildman–Crippen MR) is 103 cm³/mol. The molecular weight excluding hydrogens is 381 g/mol. The number of hydrogen-bond donors (Lipinski definition) is 1. The minimum absolute atomic E-state index is 0.183. The summed E-state index contributed by atoms with van der Waals surface area (Å²) in [5, 5.41) is 3.13. The highest BCUT2D eigenvalue weighted by Gasteiger charge is 2.22. The van der Waals surface area contributed by atoms with Gasteiger partial charge in [-0.25, -0.2) is 4.98 Å². The zero-order valence-electron chi connectivity index (χ0n) is 16.4. The SMILES string of the molecule is COc1cc(CNc2nc(F)nc3c2ncn3C2CCCO2)cc(OC)c1OC. The summed E-state index contributed by atoms with van der Waals surface area (Å²) in [6, 6.07) is 3.63. The molecule has 1 saturated heterocycles. The molecule has 3 aromatic rings. The molecule has 1 aliphatic heterocycles. The summed E-state index contributed by atoms with van der Waals surface area (Å²) < 4.78 is 37.6. The number of hydrogen-bond acceptors (Lipinski definition) is 8. The number of benzene rings is 1. The van der Waals surface area contributed by atoms with Gasteiger partial charge in [0.1, 0.15) is 6.23 Å². The molecule has 0 spiro atoms. The first-order valence-corrected chi connectivity index (χ1v) is 9.19. The molecule has 4 rings (SSSR count). The zero-order chi connectivity index (χ0) is 20.4. The lowest BCUT2D eigenvalue weighted by molar-refractivity contribution is 0.0592. The number of imidazole rings is 1. The Hall–Kier alpha value is -3.14. The molecule has 1 aliphatic rings. The van der Waals surface area contributed by atoms with Crippen LogP contribution in [0, 0.1) is 6.08 Å². The Morgan fingerprint density at radius 3 is 2.55 bits per heavy atom. The first-order valence-electron chi connectivity index (χ1n) is 9.19. The van der Waals surface area contributed by atoms with Crippen LogP contribution >= 0.6 is 0 Å². The van der Waals surface area contributed by atoms with E-state index in [-0.39, 0.29) is 6.23 Å². The summed E-state index contributed by atoms with van der Waals surface area (Å²) >= 11 is 0. The van der Waals surface area contributed by atoms with Crippen LogP contribution in [0.4, 0.5) is 10.2 Å². The number of aromatic nitrogens is 4. The summed E-state index contributed by atoms with van der Waals surface area (Å²) in [7, 11) is 4.65. The summed E-state index contributed by atoms with van der Waals surface area (Å²) in [6.45, 7) is 1.01. The molecule has 10 heteroatoms. The maximum Gasteiger partial charge on any atom is 0.312 e. The molecule has 1 aromatic carbocycles. The van der Waals surface area contributed by atoms with Crippen LogP contribution in [0.5, 0.6) is 17.2 Å². The molecule has 0 aliphatic carbocycles. The number of nitrogens with zero attached hydrogens (tertiary/aromatic N) is 4. The molecule has 1 fully saturated rings. The van der Waals surface area contributed by atoms with Gasteiger partial charge in [-0.2, -0.15) is 14.4 Å². The second-order valence-corrected chi connectivity index (χ2v) is 6.52. The monoisotopic (exact) mass is 403 g/mol. The number of nitrogens with one attached hydrogen (secondary N) is 1. The molecule has 2 aromatic heterocycles. The van der Waals surface area contributed by atoms with Crippen LogP contribution in [0.2, 0.25) is 0 Å². The van der Waals surface area contributed by atoms with Crippen molar-refractivity contribution in [3.8, 4) is 17.2 Å². The van der Waals surface area contributed by atoms with Crippen molar-refractivity contribution in [2.75, 3.05) is 33.3 Å². The first kappa shape index (κ1) is 19.2.